The smallest absolute Gasteiger partial charge is 0.312 e. The molecule has 0 aliphatic carbocycles. The van der Waals surface area contributed by atoms with Gasteiger partial charge in [-0.25, -0.2) is 13.1 Å². The van der Waals surface area contributed by atoms with Crippen LogP contribution in [0.2, 0.25) is 0 Å². The highest BCUT2D eigenvalue weighted by molar-refractivity contribution is 7.89. The molecule has 10 heteroatoms. The van der Waals surface area contributed by atoms with Gasteiger partial charge in [-0.05, 0) is 31.3 Å². The fourth-order valence-corrected chi connectivity index (χ4v) is 2.97. The molecule has 25 heavy (non-hydrogen) atoms. The molecule has 0 unspecified atom stereocenters. The molecule has 1 heterocycles. The molecule has 0 fully saturated rings. The number of hydrogen-bond acceptors (Lipinski definition) is 7. The number of nitro groups is 1. The maximum Gasteiger partial charge on any atom is 0.312 e. The molecule has 0 bridgehead atoms. The third-order valence-corrected chi connectivity index (χ3v) is 4.86. The number of ether oxygens (including phenoxy) is 3. The largest absolute Gasteiger partial charge is 0.486 e. The standard InChI is InChI=1S/C15H14N2O7S/c1-16-25(20,21)11-3-5-13(12(9-11)17(18)19)24-10-2-4-14-15(8-10)23-7-6-22-14/h2-5,8-9,16H,6-7H2,1H3. The minimum atomic E-state index is -3.80. The number of sulfonamides is 1. The first-order chi connectivity index (χ1) is 11.9. The normalized spacial score (nSPS) is 13.3. The van der Waals surface area contributed by atoms with Gasteiger partial charge in [0.1, 0.15) is 19.0 Å². The van der Waals surface area contributed by atoms with Crippen LogP contribution in [0.3, 0.4) is 0 Å². The van der Waals surface area contributed by atoms with Crippen LogP contribution in [-0.4, -0.2) is 33.6 Å². The number of nitrogens with one attached hydrogen (secondary N) is 1. The van der Waals surface area contributed by atoms with E-state index in [2.05, 4.69) is 4.72 Å². The highest BCUT2D eigenvalue weighted by Crippen LogP contribution is 2.38. The number of hydrogen-bond donors (Lipinski definition) is 1. The van der Waals surface area contributed by atoms with E-state index >= 15 is 0 Å². The molecule has 0 saturated heterocycles. The molecule has 0 saturated carbocycles. The molecule has 0 spiro atoms. The fraction of sp³-hybridized carbons (Fsp3) is 0.200. The predicted molar refractivity (Wildman–Crippen MR) is 86.8 cm³/mol. The van der Waals surface area contributed by atoms with Crippen LogP contribution in [0.25, 0.3) is 0 Å². The Morgan fingerprint density at radius 3 is 2.52 bits per heavy atom. The van der Waals surface area contributed by atoms with Crippen LogP contribution in [0.5, 0.6) is 23.0 Å². The molecule has 2 aromatic carbocycles. The number of nitro benzene ring substituents is 1. The van der Waals surface area contributed by atoms with Crippen molar-refractivity contribution in [3.8, 4) is 23.0 Å². The summed E-state index contributed by atoms with van der Waals surface area (Å²) in [5.74, 6) is 1.25. The molecular weight excluding hydrogens is 352 g/mol. The van der Waals surface area contributed by atoms with Gasteiger partial charge >= 0.3 is 5.69 Å². The number of rotatable bonds is 5. The van der Waals surface area contributed by atoms with Crippen molar-refractivity contribution in [2.24, 2.45) is 0 Å². The predicted octanol–water partition coefficient (Wildman–Crippen LogP) is 2.07. The van der Waals surface area contributed by atoms with Crippen LogP contribution in [0, 0.1) is 10.1 Å². The van der Waals surface area contributed by atoms with Gasteiger partial charge in [0.15, 0.2) is 11.5 Å². The summed E-state index contributed by atoms with van der Waals surface area (Å²) in [6.07, 6.45) is 0. The molecular formula is C15H14N2O7S. The summed E-state index contributed by atoms with van der Waals surface area (Å²) < 4.78 is 42.1. The molecule has 0 radical (unpaired) electrons. The van der Waals surface area contributed by atoms with Crippen LogP contribution < -0.4 is 18.9 Å². The summed E-state index contributed by atoms with van der Waals surface area (Å²) in [6, 6.07) is 8.17. The summed E-state index contributed by atoms with van der Waals surface area (Å²) in [7, 11) is -2.58. The first-order valence-electron chi connectivity index (χ1n) is 7.20. The highest BCUT2D eigenvalue weighted by Gasteiger charge is 2.22. The number of fused-ring (bicyclic) bond motifs is 1. The Balaban J connectivity index is 1.96. The second-order valence-corrected chi connectivity index (χ2v) is 6.89. The second kappa shape index (κ2) is 6.57. The summed E-state index contributed by atoms with van der Waals surface area (Å²) in [5.41, 5.74) is -0.466. The number of nitrogens with zero attached hydrogens (tertiary/aromatic N) is 1. The second-order valence-electron chi connectivity index (χ2n) is 5.00. The van der Waals surface area contributed by atoms with Crippen molar-refractivity contribution in [1.82, 2.24) is 4.72 Å². The van der Waals surface area contributed by atoms with E-state index in [9.17, 15) is 18.5 Å². The lowest BCUT2D eigenvalue weighted by molar-refractivity contribution is -0.385. The minimum absolute atomic E-state index is 0.0864. The highest BCUT2D eigenvalue weighted by atomic mass is 32.2. The molecule has 3 rings (SSSR count). The third kappa shape index (κ3) is 3.49. The Morgan fingerprint density at radius 2 is 1.84 bits per heavy atom. The monoisotopic (exact) mass is 366 g/mol. The number of benzene rings is 2. The minimum Gasteiger partial charge on any atom is -0.486 e. The Hall–Kier alpha value is -2.85. The van der Waals surface area contributed by atoms with Crippen LogP contribution >= 0.6 is 0 Å². The average Bonchev–Trinajstić information content (AvgIpc) is 2.61. The van der Waals surface area contributed by atoms with E-state index < -0.39 is 20.6 Å². The van der Waals surface area contributed by atoms with E-state index in [0.29, 0.717) is 30.5 Å². The molecule has 1 N–H and O–H groups in total. The zero-order chi connectivity index (χ0) is 18.0. The molecule has 0 atom stereocenters. The summed E-state index contributed by atoms with van der Waals surface area (Å²) in [5, 5.41) is 11.3. The quantitative estimate of drug-likeness (QED) is 0.636. The average molecular weight is 366 g/mol. The molecule has 9 nitrogen and oxygen atoms in total. The van der Waals surface area contributed by atoms with Gasteiger partial charge in [0.2, 0.25) is 15.8 Å². The molecule has 1 aliphatic heterocycles. The van der Waals surface area contributed by atoms with Gasteiger partial charge in [-0.3, -0.25) is 10.1 Å². The first-order valence-corrected chi connectivity index (χ1v) is 8.68. The summed E-state index contributed by atoms with van der Waals surface area (Å²) >= 11 is 0. The van der Waals surface area contributed by atoms with Crippen molar-refractivity contribution in [3.05, 3.63) is 46.5 Å². The summed E-state index contributed by atoms with van der Waals surface area (Å²) in [4.78, 5) is 10.3. The summed E-state index contributed by atoms with van der Waals surface area (Å²) in [6.45, 7) is 0.841. The zero-order valence-corrected chi connectivity index (χ0v) is 13.9. The lowest BCUT2D eigenvalue weighted by Crippen LogP contribution is -2.18. The van der Waals surface area contributed by atoms with E-state index in [1.54, 1.807) is 18.2 Å². The molecule has 132 valence electrons. The van der Waals surface area contributed by atoms with Gasteiger partial charge in [-0.2, -0.15) is 0 Å². The SMILES string of the molecule is CNS(=O)(=O)c1ccc(Oc2ccc3c(c2)OCCO3)c([N+](=O)[O-])c1. The van der Waals surface area contributed by atoms with Crippen molar-refractivity contribution in [2.75, 3.05) is 20.3 Å². The van der Waals surface area contributed by atoms with Gasteiger partial charge in [0.05, 0.1) is 9.82 Å². The van der Waals surface area contributed by atoms with Crippen LogP contribution in [-0.2, 0) is 10.0 Å². The molecule has 0 amide bonds. The van der Waals surface area contributed by atoms with E-state index in [4.69, 9.17) is 14.2 Å². The Kier molecular flexibility index (Phi) is 4.47. The van der Waals surface area contributed by atoms with Gasteiger partial charge in [-0.15, -0.1) is 0 Å². The third-order valence-electron chi connectivity index (χ3n) is 3.45. The maximum atomic E-state index is 11.8. The van der Waals surface area contributed by atoms with Crippen molar-refractivity contribution in [3.63, 3.8) is 0 Å². The first kappa shape index (κ1) is 17.0. The van der Waals surface area contributed by atoms with Gasteiger partial charge in [-0.1, -0.05) is 0 Å². The molecule has 1 aliphatic rings. The van der Waals surface area contributed by atoms with E-state index in [1.165, 1.54) is 19.2 Å². The van der Waals surface area contributed by atoms with Crippen LogP contribution in [0.4, 0.5) is 5.69 Å². The molecule has 0 aromatic heterocycles. The maximum absolute atomic E-state index is 11.8. The van der Waals surface area contributed by atoms with Gasteiger partial charge in [0, 0.05) is 12.1 Å². The lowest BCUT2D eigenvalue weighted by atomic mass is 10.2. The van der Waals surface area contributed by atoms with E-state index in [-0.39, 0.29) is 10.6 Å². The Morgan fingerprint density at radius 1 is 1.12 bits per heavy atom. The fourth-order valence-electron chi connectivity index (χ4n) is 2.23. The van der Waals surface area contributed by atoms with Crippen molar-refractivity contribution >= 4 is 15.7 Å². The van der Waals surface area contributed by atoms with Gasteiger partial charge in [0.25, 0.3) is 0 Å². The van der Waals surface area contributed by atoms with Crippen molar-refractivity contribution < 1.29 is 27.6 Å². The zero-order valence-electron chi connectivity index (χ0n) is 13.1. The van der Waals surface area contributed by atoms with E-state index in [1.807, 2.05) is 0 Å². The Labute approximate surface area is 143 Å². The topological polar surface area (TPSA) is 117 Å². The van der Waals surface area contributed by atoms with Crippen molar-refractivity contribution in [1.29, 1.82) is 0 Å². The Bertz CT molecular complexity index is 927. The van der Waals surface area contributed by atoms with E-state index in [0.717, 1.165) is 6.07 Å². The molecule has 2 aromatic rings. The lowest BCUT2D eigenvalue weighted by Gasteiger charge is -2.18. The van der Waals surface area contributed by atoms with Crippen LogP contribution in [0.1, 0.15) is 0 Å². The van der Waals surface area contributed by atoms with Gasteiger partial charge < -0.3 is 14.2 Å². The van der Waals surface area contributed by atoms with Crippen molar-refractivity contribution in [2.45, 2.75) is 4.90 Å². The van der Waals surface area contributed by atoms with Crippen LogP contribution in [0.15, 0.2) is 41.3 Å².